The maximum atomic E-state index is 11.1. The lowest BCUT2D eigenvalue weighted by Gasteiger charge is -2.18. The summed E-state index contributed by atoms with van der Waals surface area (Å²) >= 11 is 0. The van der Waals surface area contributed by atoms with E-state index >= 15 is 0 Å². The van der Waals surface area contributed by atoms with Crippen molar-refractivity contribution < 1.29 is 9.53 Å². The molecular weight excluding hydrogens is 206 g/mol. The Hall–Kier alpha value is -2.09. The first-order chi connectivity index (χ1) is 7.72. The molecule has 0 unspecified atom stereocenters. The number of nitrogens with zero attached hydrogens (tertiary/aromatic N) is 3. The number of hydrogen-bond acceptors (Lipinski definition) is 5. The lowest BCUT2D eigenvalue weighted by Crippen LogP contribution is -2.24. The van der Waals surface area contributed by atoms with Gasteiger partial charge in [0, 0.05) is 6.54 Å². The Labute approximate surface area is 94.5 Å². The van der Waals surface area contributed by atoms with Crippen molar-refractivity contribution in [2.24, 2.45) is 0 Å². The van der Waals surface area contributed by atoms with Crippen LogP contribution in [-0.2, 0) is 4.74 Å². The van der Waals surface area contributed by atoms with E-state index in [2.05, 4.69) is 20.6 Å². The lowest BCUT2D eigenvalue weighted by atomic mass is 10.4. The Morgan fingerprint density at radius 3 is 2.75 bits per heavy atom. The van der Waals surface area contributed by atoms with Gasteiger partial charge in [-0.15, -0.1) is 6.42 Å². The fourth-order valence-electron chi connectivity index (χ4n) is 1.16. The number of anilines is 1. The van der Waals surface area contributed by atoms with Crippen LogP contribution in [0.1, 0.15) is 17.4 Å². The van der Waals surface area contributed by atoms with Gasteiger partial charge >= 0.3 is 5.97 Å². The number of ether oxygens (including phenoxy) is 1. The molecule has 0 aromatic carbocycles. The number of methoxy groups -OCH3 is 1. The molecule has 1 rings (SSSR count). The maximum Gasteiger partial charge on any atom is 0.358 e. The van der Waals surface area contributed by atoms with Crippen molar-refractivity contribution in [3.05, 3.63) is 18.1 Å². The molecule has 0 spiro atoms. The summed E-state index contributed by atoms with van der Waals surface area (Å²) in [7, 11) is 1.30. The molecule has 0 aliphatic carbocycles. The largest absolute Gasteiger partial charge is 0.464 e. The zero-order chi connectivity index (χ0) is 12.0. The van der Waals surface area contributed by atoms with Gasteiger partial charge in [-0.1, -0.05) is 5.92 Å². The normalized spacial score (nSPS) is 9.31. The van der Waals surface area contributed by atoms with Crippen LogP contribution in [-0.4, -0.2) is 36.1 Å². The Morgan fingerprint density at radius 1 is 1.56 bits per heavy atom. The van der Waals surface area contributed by atoms with E-state index in [0.717, 1.165) is 6.54 Å². The minimum absolute atomic E-state index is 0.183. The molecule has 0 aliphatic rings. The minimum atomic E-state index is -0.501. The van der Waals surface area contributed by atoms with Gasteiger partial charge in [-0.25, -0.2) is 14.8 Å². The number of carbonyl (C=O) groups is 1. The molecule has 0 radical (unpaired) electrons. The van der Waals surface area contributed by atoms with Gasteiger partial charge in [0.2, 0.25) is 0 Å². The Kier molecular flexibility index (Phi) is 4.28. The number of esters is 1. The third kappa shape index (κ3) is 2.70. The van der Waals surface area contributed by atoms with Gasteiger partial charge in [-0.2, -0.15) is 0 Å². The molecule has 1 aromatic heterocycles. The summed E-state index contributed by atoms with van der Waals surface area (Å²) in [5.41, 5.74) is 0.183. The zero-order valence-corrected chi connectivity index (χ0v) is 9.30. The van der Waals surface area contributed by atoms with Gasteiger partial charge in [0.05, 0.1) is 26.0 Å². The summed E-state index contributed by atoms with van der Waals surface area (Å²) in [6, 6.07) is 0. The topological polar surface area (TPSA) is 55.3 Å². The monoisotopic (exact) mass is 219 g/mol. The van der Waals surface area contributed by atoms with E-state index < -0.39 is 5.97 Å². The molecule has 0 bridgehead atoms. The Morgan fingerprint density at radius 2 is 2.31 bits per heavy atom. The lowest BCUT2D eigenvalue weighted by molar-refractivity contribution is 0.0593. The highest BCUT2D eigenvalue weighted by Crippen LogP contribution is 2.08. The SMILES string of the molecule is C#CCN(CC)c1cnc(C(=O)OC)cn1. The average Bonchev–Trinajstić information content (AvgIpc) is 2.35. The van der Waals surface area contributed by atoms with Crippen molar-refractivity contribution in [3.8, 4) is 12.3 Å². The van der Waals surface area contributed by atoms with Crippen LogP contribution in [0.25, 0.3) is 0 Å². The molecule has 84 valence electrons. The fraction of sp³-hybridized carbons (Fsp3) is 0.364. The number of rotatable bonds is 4. The van der Waals surface area contributed by atoms with Crippen LogP contribution in [0.5, 0.6) is 0 Å². The van der Waals surface area contributed by atoms with Crippen molar-refractivity contribution in [2.45, 2.75) is 6.92 Å². The highest BCUT2D eigenvalue weighted by atomic mass is 16.5. The first-order valence-electron chi connectivity index (χ1n) is 4.81. The quantitative estimate of drug-likeness (QED) is 0.551. The predicted molar refractivity (Wildman–Crippen MR) is 60.1 cm³/mol. The molecule has 0 aliphatic heterocycles. The third-order valence-electron chi connectivity index (χ3n) is 2.02. The Balaban J connectivity index is 2.85. The highest BCUT2D eigenvalue weighted by molar-refractivity contribution is 5.86. The van der Waals surface area contributed by atoms with Crippen molar-refractivity contribution >= 4 is 11.8 Å². The van der Waals surface area contributed by atoms with Crippen LogP contribution in [0.4, 0.5) is 5.82 Å². The standard InChI is InChI=1S/C11H13N3O2/c1-4-6-14(5-2)10-8-12-9(7-13-10)11(15)16-3/h1,7-8H,5-6H2,2-3H3. The molecular formula is C11H13N3O2. The minimum Gasteiger partial charge on any atom is -0.464 e. The number of aromatic nitrogens is 2. The molecule has 5 heteroatoms. The van der Waals surface area contributed by atoms with E-state index in [1.807, 2.05) is 11.8 Å². The van der Waals surface area contributed by atoms with Crippen molar-refractivity contribution in [1.82, 2.24) is 9.97 Å². The first-order valence-corrected chi connectivity index (χ1v) is 4.81. The van der Waals surface area contributed by atoms with Crippen molar-refractivity contribution in [1.29, 1.82) is 0 Å². The summed E-state index contributed by atoms with van der Waals surface area (Å²) < 4.78 is 4.52. The van der Waals surface area contributed by atoms with Crippen molar-refractivity contribution in [3.63, 3.8) is 0 Å². The second kappa shape index (κ2) is 5.71. The molecule has 0 amide bonds. The summed E-state index contributed by atoms with van der Waals surface area (Å²) in [5, 5.41) is 0. The zero-order valence-electron chi connectivity index (χ0n) is 9.30. The van der Waals surface area contributed by atoms with Crippen LogP contribution in [0.3, 0.4) is 0 Å². The number of carbonyl (C=O) groups excluding carboxylic acids is 1. The fourth-order valence-corrected chi connectivity index (χ4v) is 1.16. The molecule has 5 nitrogen and oxygen atoms in total. The van der Waals surface area contributed by atoms with Crippen LogP contribution < -0.4 is 4.90 Å². The summed E-state index contributed by atoms with van der Waals surface area (Å²) in [6.45, 7) is 3.16. The Bertz CT molecular complexity index is 395. The molecule has 0 N–H and O–H groups in total. The number of hydrogen-bond donors (Lipinski definition) is 0. The van der Waals surface area contributed by atoms with Crippen molar-refractivity contribution in [2.75, 3.05) is 25.1 Å². The van der Waals surface area contributed by atoms with E-state index in [1.165, 1.54) is 19.5 Å². The summed E-state index contributed by atoms with van der Waals surface area (Å²) in [5.74, 6) is 2.68. The third-order valence-corrected chi connectivity index (χ3v) is 2.02. The molecule has 0 saturated heterocycles. The molecule has 1 heterocycles. The predicted octanol–water partition coefficient (Wildman–Crippen LogP) is 0.723. The van der Waals surface area contributed by atoms with E-state index in [9.17, 15) is 4.79 Å². The highest BCUT2D eigenvalue weighted by Gasteiger charge is 2.09. The van der Waals surface area contributed by atoms with E-state index in [1.54, 1.807) is 0 Å². The van der Waals surface area contributed by atoms with Gasteiger partial charge in [-0.3, -0.25) is 0 Å². The van der Waals surface area contributed by atoms with E-state index in [-0.39, 0.29) is 5.69 Å². The summed E-state index contributed by atoms with van der Waals surface area (Å²) in [4.78, 5) is 21.0. The molecule has 0 atom stereocenters. The first kappa shape index (κ1) is 12.0. The molecule has 16 heavy (non-hydrogen) atoms. The van der Waals surface area contributed by atoms with Crippen LogP contribution in [0.2, 0.25) is 0 Å². The maximum absolute atomic E-state index is 11.1. The average molecular weight is 219 g/mol. The smallest absolute Gasteiger partial charge is 0.358 e. The van der Waals surface area contributed by atoms with Gasteiger partial charge in [-0.05, 0) is 6.92 Å². The van der Waals surface area contributed by atoms with Crippen LogP contribution in [0.15, 0.2) is 12.4 Å². The van der Waals surface area contributed by atoms with Gasteiger partial charge < -0.3 is 9.64 Å². The van der Waals surface area contributed by atoms with E-state index in [0.29, 0.717) is 12.4 Å². The van der Waals surface area contributed by atoms with Gasteiger partial charge in [0.1, 0.15) is 5.82 Å². The molecule has 1 aromatic rings. The van der Waals surface area contributed by atoms with Gasteiger partial charge in [0.15, 0.2) is 5.69 Å². The molecule has 0 saturated carbocycles. The van der Waals surface area contributed by atoms with Crippen LogP contribution in [0, 0.1) is 12.3 Å². The number of terminal acetylenes is 1. The summed E-state index contributed by atoms with van der Waals surface area (Å²) in [6.07, 6.45) is 8.11. The second-order valence-electron chi connectivity index (χ2n) is 2.97. The van der Waals surface area contributed by atoms with Gasteiger partial charge in [0.25, 0.3) is 0 Å². The van der Waals surface area contributed by atoms with E-state index in [4.69, 9.17) is 6.42 Å². The molecule has 0 fully saturated rings. The second-order valence-corrected chi connectivity index (χ2v) is 2.97. The van der Waals surface area contributed by atoms with Crippen LogP contribution >= 0.6 is 0 Å².